The lowest BCUT2D eigenvalue weighted by molar-refractivity contribution is -0.138. The topological polar surface area (TPSA) is 123 Å². The molecule has 1 unspecified atom stereocenters. The first-order chi connectivity index (χ1) is 15.3. The smallest absolute Gasteiger partial charge is 0.320 e. The Kier molecular flexibility index (Phi) is 5.96. The van der Waals surface area contributed by atoms with Crippen molar-refractivity contribution in [2.75, 3.05) is 13.1 Å². The van der Waals surface area contributed by atoms with Gasteiger partial charge < -0.3 is 15.6 Å². The zero-order valence-electron chi connectivity index (χ0n) is 17.2. The molecular weight excluding hydrogens is 430 g/mol. The molecule has 2 heterocycles. The van der Waals surface area contributed by atoms with Crippen LogP contribution in [0.3, 0.4) is 0 Å². The van der Waals surface area contributed by atoms with E-state index in [-0.39, 0.29) is 24.4 Å². The van der Waals surface area contributed by atoms with Crippen LogP contribution in [0.1, 0.15) is 11.1 Å². The number of pyridine rings is 1. The molecule has 1 aliphatic heterocycles. The Morgan fingerprint density at radius 3 is 2.44 bits per heavy atom. The third-order valence-electron chi connectivity index (χ3n) is 5.44. The summed E-state index contributed by atoms with van der Waals surface area (Å²) in [7, 11) is -3.80. The highest BCUT2D eigenvalue weighted by Gasteiger charge is 2.52. The van der Waals surface area contributed by atoms with Crippen LogP contribution in [-0.4, -0.2) is 47.9 Å². The van der Waals surface area contributed by atoms with Gasteiger partial charge in [0.2, 0.25) is 10.0 Å². The van der Waals surface area contributed by atoms with E-state index in [1.807, 2.05) is 30.3 Å². The number of carboxylic acids is 1. The molecule has 1 aromatic heterocycles. The van der Waals surface area contributed by atoms with Crippen LogP contribution in [0.4, 0.5) is 0 Å². The third kappa shape index (κ3) is 4.36. The van der Waals surface area contributed by atoms with Crippen LogP contribution in [0, 0.1) is 0 Å². The molecule has 0 amide bonds. The van der Waals surface area contributed by atoms with Crippen LogP contribution < -0.4 is 10.5 Å². The molecular formula is C23H23N3O5S. The molecule has 0 aliphatic carbocycles. The third-order valence-corrected chi connectivity index (χ3v) is 7.22. The molecule has 2 aromatic carbocycles. The van der Waals surface area contributed by atoms with Gasteiger partial charge in [0.1, 0.15) is 11.8 Å². The summed E-state index contributed by atoms with van der Waals surface area (Å²) in [4.78, 5) is 15.1. The summed E-state index contributed by atoms with van der Waals surface area (Å²) in [6, 6.07) is 18.1. The number of carbonyl (C=O) groups is 1. The molecule has 0 spiro atoms. The number of ether oxygens (including phenoxy) is 1. The number of carboxylic acid groups (broad SMARTS) is 1. The number of benzene rings is 2. The molecule has 9 heteroatoms. The largest absolute Gasteiger partial charge is 0.480 e. The second-order valence-corrected chi connectivity index (χ2v) is 9.65. The SMILES string of the molecule is NC(Cc1cccc(S(=O)(=O)N2CC(Oc3ccncc3)(c3ccccc3)C2)c1)C(=O)O. The second kappa shape index (κ2) is 8.70. The molecule has 3 aromatic rings. The van der Waals surface area contributed by atoms with E-state index in [0.29, 0.717) is 11.3 Å². The van der Waals surface area contributed by atoms with E-state index < -0.39 is 27.6 Å². The highest BCUT2D eigenvalue weighted by Crippen LogP contribution is 2.39. The molecule has 166 valence electrons. The Labute approximate surface area is 186 Å². The van der Waals surface area contributed by atoms with E-state index in [4.69, 9.17) is 15.6 Å². The summed E-state index contributed by atoms with van der Waals surface area (Å²) in [6.07, 6.45) is 3.28. The first-order valence-corrected chi connectivity index (χ1v) is 11.5. The van der Waals surface area contributed by atoms with E-state index in [1.54, 1.807) is 36.7 Å². The van der Waals surface area contributed by atoms with E-state index in [0.717, 1.165) is 5.56 Å². The van der Waals surface area contributed by atoms with E-state index >= 15 is 0 Å². The Hall–Kier alpha value is -3.27. The van der Waals surface area contributed by atoms with Crippen molar-refractivity contribution < 1.29 is 23.1 Å². The van der Waals surface area contributed by atoms with Gasteiger partial charge in [-0.3, -0.25) is 9.78 Å². The molecule has 4 rings (SSSR count). The summed E-state index contributed by atoms with van der Waals surface area (Å²) in [5.41, 5.74) is 6.20. The van der Waals surface area contributed by atoms with Crippen molar-refractivity contribution in [2.24, 2.45) is 5.73 Å². The summed E-state index contributed by atoms with van der Waals surface area (Å²) in [5.74, 6) is -0.535. The lowest BCUT2D eigenvalue weighted by Gasteiger charge is -2.48. The number of hydrogen-bond acceptors (Lipinski definition) is 6. The fraction of sp³-hybridized carbons (Fsp3) is 0.217. The van der Waals surface area contributed by atoms with Crippen LogP contribution in [0.5, 0.6) is 5.75 Å². The molecule has 0 saturated carbocycles. The Morgan fingerprint density at radius 2 is 1.78 bits per heavy atom. The first-order valence-electron chi connectivity index (χ1n) is 10.0. The van der Waals surface area contributed by atoms with Crippen LogP contribution in [0.2, 0.25) is 0 Å². The molecule has 1 fully saturated rings. The van der Waals surface area contributed by atoms with Crippen molar-refractivity contribution >= 4 is 16.0 Å². The van der Waals surface area contributed by atoms with E-state index in [9.17, 15) is 13.2 Å². The van der Waals surface area contributed by atoms with Gasteiger partial charge >= 0.3 is 5.97 Å². The van der Waals surface area contributed by atoms with Gasteiger partial charge in [0.15, 0.2) is 5.60 Å². The van der Waals surface area contributed by atoms with Crippen molar-refractivity contribution in [1.29, 1.82) is 0 Å². The Balaban J connectivity index is 1.58. The molecule has 8 nitrogen and oxygen atoms in total. The molecule has 0 bridgehead atoms. The Bertz CT molecular complexity index is 1200. The van der Waals surface area contributed by atoms with Gasteiger partial charge in [-0.25, -0.2) is 8.42 Å². The van der Waals surface area contributed by atoms with Crippen molar-refractivity contribution in [2.45, 2.75) is 23.0 Å². The highest BCUT2D eigenvalue weighted by atomic mass is 32.2. The number of aromatic nitrogens is 1. The quantitative estimate of drug-likeness (QED) is 0.535. The van der Waals surface area contributed by atoms with Crippen molar-refractivity contribution in [3.8, 4) is 5.75 Å². The monoisotopic (exact) mass is 453 g/mol. The number of nitrogens with zero attached hydrogens (tertiary/aromatic N) is 2. The standard InChI is InChI=1S/C23H23N3O5S/c24-21(22(27)28)14-17-5-4-8-20(13-17)32(29,30)26-15-23(16-26,18-6-2-1-3-7-18)31-19-9-11-25-12-10-19/h1-13,21H,14-16,24H2,(H,27,28). The maximum atomic E-state index is 13.3. The van der Waals surface area contributed by atoms with E-state index in [2.05, 4.69) is 4.98 Å². The maximum absolute atomic E-state index is 13.3. The van der Waals surface area contributed by atoms with Crippen molar-refractivity contribution in [3.05, 3.63) is 90.3 Å². The number of nitrogens with two attached hydrogens (primary N) is 1. The second-order valence-electron chi connectivity index (χ2n) is 7.71. The minimum absolute atomic E-state index is 0.0395. The van der Waals surface area contributed by atoms with Crippen LogP contribution in [0.15, 0.2) is 84.0 Å². The van der Waals surface area contributed by atoms with Gasteiger partial charge in [0, 0.05) is 12.4 Å². The molecule has 1 aliphatic rings. The minimum atomic E-state index is -3.80. The van der Waals surface area contributed by atoms with E-state index in [1.165, 1.54) is 16.4 Å². The predicted octanol–water partition coefficient (Wildman–Crippen LogP) is 2.01. The van der Waals surface area contributed by atoms with Gasteiger partial charge in [0.05, 0.1) is 18.0 Å². The molecule has 0 radical (unpaired) electrons. The fourth-order valence-electron chi connectivity index (χ4n) is 3.70. The lowest BCUT2D eigenvalue weighted by Crippen LogP contribution is -2.64. The number of sulfonamides is 1. The molecule has 3 N–H and O–H groups in total. The summed E-state index contributed by atoms with van der Waals surface area (Å²) < 4.78 is 34.2. The predicted molar refractivity (Wildman–Crippen MR) is 118 cm³/mol. The summed E-state index contributed by atoms with van der Waals surface area (Å²) in [6.45, 7) is 0.279. The maximum Gasteiger partial charge on any atom is 0.320 e. The zero-order valence-corrected chi connectivity index (χ0v) is 18.0. The van der Waals surface area contributed by atoms with Gasteiger partial charge in [0.25, 0.3) is 0 Å². The summed E-state index contributed by atoms with van der Waals surface area (Å²) >= 11 is 0. The van der Waals surface area contributed by atoms with Gasteiger partial charge in [-0.2, -0.15) is 4.31 Å². The first kappa shape index (κ1) is 21.9. The Morgan fingerprint density at radius 1 is 1.09 bits per heavy atom. The number of aliphatic carboxylic acids is 1. The van der Waals surface area contributed by atoms with Gasteiger partial charge in [-0.1, -0.05) is 42.5 Å². The van der Waals surface area contributed by atoms with Gasteiger partial charge in [-0.05, 0) is 41.8 Å². The van der Waals surface area contributed by atoms with Crippen LogP contribution in [0.25, 0.3) is 0 Å². The molecule has 32 heavy (non-hydrogen) atoms. The lowest BCUT2D eigenvalue weighted by atomic mass is 9.87. The van der Waals surface area contributed by atoms with Crippen LogP contribution in [-0.2, 0) is 26.8 Å². The summed E-state index contributed by atoms with van der Waals surface area (Å²) in [5, 5.41) is 9.03. The van der Waals surface area contributed by atoms with Gasteiger partial charge in [-0.15, -0.1) is 0 Å². The minimum Gasteiger partial charge on any atom is -0.480 e. The highest BCUT2D eigenvalue weighted by molar-refractivity contribution is 7.89. The fourth-order valence-corrected chi connectivity index (χ4v) is 5.30. The average Bonchev–Trinajstić information content (AvgIpc) is 2.77. The zero-order chi connectivity index (χ0) is 22.8. The molecule has 1 atom stereocenters. The number of rotatable bonds is 8. The van der Waals surface area contributed by atoms with Crippen molar-refractivity contribution in [1.82, 2.24) is 9.29 Å². The average molecular weight is 454 g/mol. The van der Waals surface area contributed by atoms with Crippen molar-refractivity contribution in [3.63, 3.8) is 0 Å². The van der Waals surface area contributed by atoms with Crippen LogP contribution >= 0.6 is 0 Å². The normalized spacial score (nSPS) is 16.7. The molecule has 1 saturated heterocycles. The number of hydrogen-bond donors (Lipinski definition) is 2.